The minimum atomic E-state index is -0.177. The lowest BCUT2D eigenvalue weighted by Crippen LogP contribution is -2.31. The van der Waals surface area contributed by atoms with Gasteiger partial charge in [-0.2, -0.15) is 0 Å². The maximum absolute atomic E-state index is 12.2. The van der Waals surface area contributed by atoms with Crippen molar-refractivity contribution < 1.29 is 14.3 Å². The molecule has 1 atom stereocenters. The molecule has 4 heteroatoms. The van der Waals surface area contributed by atoms with E-state index >= 15 is 0 Å². The average Bonchev–Trinajstić information content (AvgIpc) is 2.66. The van der Waals surface area contributed by atoms with E-state index < -0.39 is 0 Å². The number of benzene rings is 2. The van der Waals surface area contributed by atoms with Crippen molar-refractivity contribution in [2.75, 3.05) is 6.61 Å². The molecule has 2 aromatic rings. The number of fused-ring (bicyclic) bond motifs is 1. The van der Waals surface area contributed by atoms with Gasteiger partial charge in [0.25, 0.3) is 5.91 Å². The van der Waals surface area contributed by atoms with Crippen LogP contribution in [0.5, 0.6) is 5.75 Å². The van der Waals surface area contributed by atoms with Gasteiger partial charge in [0.1, 0.15) is 5.75 Å². The number of rotatable bonds is 6. The van der Waals surface area contributed by atoms with Crippen LogP contribution in [-0.4, -0.2) is 18.3 Å². The summed E-state index contributed by atoms with van der Waals surface area (Å²) in [4.78, 5) is 23.6. The number of Topliss-reactive ketones (excluding diaryl/α,β-unsaturated/α-hetero) is 1. The fourth-order valence-corrected chi connectivity index (χ4v) is 3.34. The molecule has 26 heavy (non-hydrogen) atoms. The Balaban J connectivity index is 1.56. The summed E-state index contributed by atoms with van der Waals surface area (Å²) in [5.41, 5.74) is 4.54. The van der Waals surface area contributed by atoms with Crippen molar-refractivity contribution in [2.24, 2.45) is 0 Å². The van der Waals surface area contributed by atoms with Gasteiger partial charge in [0.2, 0.25) is 0 Å². The SMILES string of the molecule is CC(=O)c1cccc(OCC(=O)NC(C)c2ccc3c(c2)CCCC3)c1. The van der Waals surface area contributed by atoms with E-state index in [1.165, 1.54) is 30.9 Å². The second-order valence-electron chi connectivity index (χ2n) is 6.90. The number of hydrogen-bond acceptors (Lipinski definition) is 3. The molecule has 0 bridgehead atoms. The predicted molar refractivity (Wildman–Crippen MR) is 102 cm³/mol. The Morgan fingerprint density at radius 1 is 1.08 bits per heavy atom. The van der Waals surface area contributed by atoms with Crippen LogP contribution in [0.2, 0.25) is 0 Å². The predicted octanol–water partition coefficient (Wildman–Crippen LogP) is 4.02. The molecule has 4 nitrogen and oxygen atoms in total. The number of aryl methyl sites for hydroxylation is 2. The molecule has 0 saturated heterocycles. The van der Waals surface area contributed by atoms with Crippen molar-refractivity contribution in [3.8, 4) is 5.75 Å². The fraction of sp³-hybridized carbons (Fsp3) is 0.364. The van der Waals surface area contributed by atoms with E-state index in [-0.39, 0.29) is 24.3 Å². The zero-order valence-electron chi connectivity index (χ0n) is 15.4. The summed E-state index contributed by atoms with van der Waals surface area (Å²) in [5, 5.41) is 2.98. The summed E-state index contributed by atoms with van der Waals surface area (Å²) in [7, 11) is 0. The monoisotopic (exact) mass is 351 g/mol. The lowest BCUT2D eigenvalue weighted by Gasteiger charge is -2.20. The molecule has 136 valence electrons. The van der Waals surface area contributed by atoms with Crippen LogP contribution in [-0.2, 0) is 17.6 Å². The van der Waals surface area contributed by atoms with Gasteiger partial charge in [-0.3, -0.25) is 9.59 Å². The lowest BCUT2D eigenvalue weighted by atomic mass is 9.89. The molecule has 0 fully saturated rings. The van der Waals surface area contributed by atoms with Gasteiger partial charge < -0.3 is 10.1 Å². The molecule has 0 aliphatic heterocycles. The van der Waals surface area contributed by atoms with Crippen molar-refractivity contribution in [1.29, 1.82) is 0 Å². The number of hydrogen-bond donors (Lipinski definition) is 1. The first-order chi connectivity index (χ1) is 12.5. The van der Waals surface area contributed by atoms with Gasteiger partial charge in [-0.1, -0.05) is 30.3 Å². The highest BCUT2D eigenvalue weighted by atomic mass is 16.5. The zero-order valence-corrected chi connectivity index (χ0v) is 15.4. The van der Waals surface area contributed by atoms with Crippen molar-refractivity contribution in [2.45, 2.75) is 45.6 Å². The molecule has 3 rings (SSSR count). The number of carbonyl (C=O) groups excluding carboxylic acids is 2. The van der Waals surface area contributed by atoms with Crippen LogP contribution in [0.1, 0.15) is 59.8 Å². The number of nitrogens with one attached hydrogen (secondary N) is 1. The van der Waals surface area contributed by atoms with Gasteiger partial charge in [-0.15, -0.1) is 0 Å². The Hall–Kier alpha value is -2.62. The zero-order chi connectivity index (χ0) is 18.5. The number of carbonyl (C=O) groups is 2. The van der Waals surface area contributed by atoms with E-state index in [1.54, 1.807) is 24.3 Å². The highest BCUT2D eigenvalue weighted by Crippen LogP contribution is 2.24. The second kappa shape index (κ2) is 8.17. The molecular weight excluding hydrogens is 326 g/mol. The molecule has 0 radical (unpaired) electrons. The molecule has 1 amide bonds. The molecule has 0 spiro atoms. The maximum atomic E-state index is 12.2. The number of amides is 1. The van der Waals surface area contributed by atoms with Crippen LogP contribution >= 0.6 is 0 Å². The largest absolute Gasteiger partial charge is 0.484 e. The van der Waals surface area contributed by atoms with E-state index in [1.807, 2.05) is 6.92 Å². The Morgan fingerprint density at radius 2 is 1.85 bits per heavy atom. The first kappa shape index (κ1) is 18.2. The standard InChI is InChI=1S/C22H25NO3/c1-15(18-11-10-17-6-3-4-7-20(17)12-18)23-22(25)14-26-21-9-5-8-19(13-21)16(2)24/h5,8-13,15H,3-4,6-7,14H2,1-2H3,(H,23,25). The number of ketones is 1. The Labute approximate surface area is 154 Å². The van der Waals surface area contributed by atoms with Gasteiger partial charge in [0, 0.05) is 5.56 Å². The molecule has 1 aliphatic carbocycles. The topological polar surface area (TPSA) is 55.4 Å². The van der Waals surface area contributed by atoms with Crippen molar-refractivity contribution in [1.82, 2.24) is 5.32 Å². The Morgan fingerprint density at radius 3 is 2.62 bits per heavy atom. The van der Waals surface area contributed by atoms with E-state index in [0.717, 1.165) is 18.4 Å². The fourth-order valence-electron chi connectivity index (χ4n) is 3.34. The van der Waals surface area contributed by atoms with E-state index in [9.17, 15) is 9.59 Å². The third-order valence-electron chi connectivity index (χ3n) is 4.86. The minimum absolute atomic E-state index is 0.0269. The quantitative estimate of drug-likeness (QED) is 0.800. The van der Waals surface area contributed by atoms with Crippen LogP contribution in [0.4, 0.5) is 0 Å². The molecule has 1 N–H and O–H groups in total. The Bertz CT molecular complexity index is 813. The van der Waals surface area contributed by atoms with Crippen LogP contribution in [0.15, 0.2) is 42.5 Å². The molecule has 0 aromatic heterocycles. The van der Waals surface area contributed by atoms with Crippen LogP contribution in [0.3, 0.4) is 0 Å². The van der Waals surface area contributed by atoms with E-state index in [4.69, 9.17) is 4.74 Å². The minimum Gasteiger partial charge on any atom is -0.484 e. The summed E-state index contributed by atoms with van der Waals surface area (Å²) in [6.45, 7) is 3.42. The lowest BCUT2D eigenvalue weighted by molar-refractivity contribution is -0.123. The van der Waals surface area contributed by atoms with Crippen LogP contribution < -0.4 is 10.1 Å². The van der Waals surface area contributed by atoms with Gasteiger partial charge in [0.15, 0.2) is 12.4 Å². The van der Waals surface area contributed by atoms with Crippen molar-refractivity contribution in [3.05, 3.63) is 64.7 Å². The summed E-state index contributed by atoms with van der Waals surface area (Å²) >= 11 is 0. The summed E-state index contributed by atoms with van der Waals surface area (Å²) in [5.74, 6) is 0.318. The van der Waals surface area contributed by atoms with Gasteiger partial charge in [-0.25, -0.2) is 0 Å². The van der Waals surface area contributed by atoms with Crippen LogP contribution in [0.25, 0.3) is 0 Å². The van der Waals surface area contributed by atoms with E-state index in [0.29, 0.717) is 11.3 Å². The highest BCUT2D eigenvalue weighted by Gasteiger charge is 2.14. The summed E-state index contributed by atoms with van der Waals surface area (Å²) < 4.78 is 5.52. The molecule has 1 unspecified atom stereocenters. The van der Waals surface area contributed by atoms with E-state index in [2.05, 4.69) is 23.5 Å². The average molecular weight is 351 g/mol. The van der Waals surface area contributed by atoms with Crippen LogP contribution in [0, 0.1) is 0 Å². The molecular formula is C22H25NO3. The normalized spacial score (nSPS) is 14.2. The first-order valence-corrected chi connectivity index (χ1v) is 9.18. The molecule has 1 aliphatic rings. The summed E-state index contributed by atoms with van der Waals surface area (Å²) in [6, 6.07) is 13.3. The first-order valence-electron chi connectivity index (χ1n) is 9.18. The van der Waals surface area contributed by atoms with Gasteiger partial charge in [0.05, 0.1) is 6.04 Å². The molecule has 0 heterocycles. The second-order valence-corrected chi connectivity index (χ2v) is 6.90. The van der Waals surface area contributed by atoms with Gasteiger partial charge >= 0.3 is 0 Å². The van der Waals surface area contributed by atoms with Crippen molar-refractivity contribution in [3.63, 3.8) is 0 Å². The van der Waals surface area contributed by atoms with Crippen molar-refractivity contribution >= 4 is 11.7 Å². The third-order valence-corrected chi connectivity index (χ3v) is 4.86. The maximum Gasteiger partial charge on any atom is 0.258 e. The smallest absolute Gasteiger partial charge is 0.258 e. The molecule has 0 saturated carbocycles. The highest BCUT2D eigenvalue weighted by molar-refractivity contribution is 5.94. The van der Waals surface area contributed by atoms with Gasteiger partial charge in [-0.05, 0) is 68.4 Å². The molecule has 2 aromatic carbocycles. The summed E-state index contributed by atoms with van der Waals surface area (Å²) in [6.07, 6.45) is 4.79. The number of ether oxygens (including phenoxy) is 1. The third kappa shape index (κ3) is 4.51. The Kier molecular flexibility index (Phi) is 5.71.